The minimum Gasteiger partial charge on any atom is -0.472 e. The Morgan fingerprint density at radius 3 is 2.58 bits per heavy atom. The van der Waals surface area contributed by atoms with E-state index in [9.17, 15) is 17.2 Å². The molecular formula is C24H14ClF2N3O4S2. The van der Waals surface area contributed by atoms with Crippen LogP contribution in [0.5, 0.6) is 11.5 Å². The SMILES string of the molecule is O=S(=O)(Cc1cscn1)c1cc(Cl)c(Oc2ccc(-c3ccc(F)nc3)nc2-c2ccoc2)cc1F. The second kappa shape index (κ2) is 9.76. The Morgan fingerprint density at radius 1 is 1.03 bits per heavy atom. The minimum absolute atomic E-state index is 0.107. The molecule has 0 bridgehead atoms. The van der Waals surface area contributed by atoms with Crippen molar-refractivity contribution < 1.29 is 26.4 Å². The van der Waals surface area contributed by atoms with Gasteiger partial charge < -0.3 is 9.15 Å². The summed E-state index contributed by atoms with van der Waals surface area (Å²) < 4.78 is 64.6. The highest BCUT2D eigenvalue weighted by Gasteiger charge is 2.24. The molecule has 0 radical (unpaired) electrons. The molecule has 0 N–H and O–H groups in total. The Morgan fingerprint density at radius 2 is 1.89 bits per heavy atom. The maximum Gasteiger partial charge on any atom is 0.212 e. The van der Waals surface area contributed by atoms with Crippen LogP contribution in [0.2, 0.25) is 5.02 Å². The van der Waals surface area contributed by atoms with Gasteiger partial charge in [-0.2, -0.15) is 4.39 Å². The van der Waals surface area contributed by atoms with Crippen molar-refractivity contribution in [2.24, 2.45) is 0 Å². The molecule has 0 aliphatic carbocycles. The Hall–Kier alpha value is -3.67. The first-order chi connectivity index (χ1) is 17.3. The Labute approximate surface area is 212 Å². The number of thiazole rings is 1. The van der Waals surface area contributed by atoms with Crippen molar-refractivity contribution in [2.45, 2.75) is 10.6 Å². The molecule has 0 fully saturated rings. The number of sulfone groups is 1. The van der Waals surface area contributed by atoms with Crippen LogP contribution in [-0.4, -0.2) is 23.4 Å². The van der Waals surface area contributed by atoms with Crippen LogP contribution < -0.4 is 4.74 Å². The molecule has 0 saturated heterocycles. The van der Waals surface area contributed by atoms with Gasteiger partial charge in [0.15, 0.2) is 15.6 Å². The standard InChI is InChI=1S/C24H14ClF2N3O4S2/c25-17-7-22(36(31,32)12-16-11-35-13-29-16)18(26)8-21(17)34-20-3-2-19(14-1-4-23(27)28-9-14)30-24(20)15-5-6-33-10-15/h1-11,13H,12H2. The van der Waals surface area contributed by atoms with Gasteiger partial charge in [0, 0.05) is 28.8 Å². The van der Waals surface area contributed by atoms with Crippen LogP contribution >= 0.6 is 22.9 Å². The van der Waals surface area contributed by atoms with Gasteiger partial charge in [0.2, 0.25) is 5.95 Å². The van der Waals surface area contributed by atoms with Gasteiger partial charge in [0.05, 0.1) is 40.2 Å². The predicted molar refractivity (Wildman–Crippen MR) is 130 cm³/mol. The highest BCUT2D eigenvalue weighted by atomic mass is 35.5. The van der Waals surface area contributed by atoms with Crippen molar-refractivity contribution in [1.29, 1.82) is 0 Å². The number of halogens is 3. The molecule has 5 rings (SSSR count). The summed E-state index contributed by atoms with van der Waals surface area (Å²) in [5.74, 6) is -2.00. The molecule has 182 valence electrons. The van der Waals surface area contributed by atoms with Gasteiger partial charge in [0.25, 0.3) is 0 Å². The third kappa shape index (κ3) is 4.99. The van der Waals surface area contributed by atoms with E-state index < -0.39 is 32.3 Å². The molecule has 0 spiro atoms. The summed E-state index contributed by atoms with van der Waals surface area (Å²) in [5, 5.41) is 1.46. The molecule has 0 aliphatic heterocycles. The second-order valence-corrected chi connectivity index (χ2v) is 10.6. The lowest BCUT2D eigenvalue weighted by molar-refractivity contribution is 0.473. The number of pyridine rings is 2. The normalized spacial score (nSPS) is 11.5. The number of furan rings is 1. The zero-order chi connectivity index (χ0) is 25.3. The second-order valence-electron chi connectivity index (χ2n) is 7.48. The first-order valence-corrected chi connectivity index (χ1v) is 13.2. The van der Waals surface area contributed by atoms with E-state index in [1.807, 2.05) is 0 Å². The van der Waals surface area contributed by atoms with E-state index in [0.717, 1.165) is 12.1 Å². The summed E-state index contributed by atoms with van der Waals surface area (Å²) >= 11 is 7.54. The lowest BCUT2D eigenvalue weighted by Crippen LogP contribution is -2.08. The number of ether oxygens (including phenoxy) is 1. The first-order valence-electron chi connectivity index (χ1n) is 10.2. The fraction of sp³-hybridized carbons (Fsp3) is 0.0417. The van der Waals surface area contributed by atoms with Gasteiger partial charge in [-0.1, -0.05) is 11.6 Å². The summed E-state index contributed by atoms with van der Waals surface area (Å²) in [4.78, 5) is 11.6. The maximum absolute atomic E-state index is 14.9. The molecule has 7 nitrogen and oxygen atoms in total. The van der Waals surface area contributed by atoms with E-state index in [1.54, 1.807) is 23.6 Å². The van der Waals surface area contributed by atoms with E-state index in [0.29, 0.717) is 28.2 Å². The molecule has 0 saturated carbocycles. The third-order valence-electron chi connectivity index (χ3n) is 5.04. The summed E-state index contributed by atoms with van der Waals surface area (Å²) in [6.45, 7) is 0. The number of hydrogen-bond donors (Lipinski definition) is 0. The van der Waals surface area contributed by atoms with E-state index in [1.165, 1.54) is 47.7 Å². The van der Waals surface area contributed by atoms with Crippen LogP contribution in [0.3, 0.4) is 0 Å². The monoisotopic (exact) mass is 545 g/mol. The van der Waals surface area contributed by atoms with Gasteiger partial charge >= 0.3 is 0 Å². The molecule has 0 unspecified atom stereocenters. The van der Waals surface area contributed by atoms with Gasteiger partial charge in [-0.05, 0) is 36.4 Å². The quantitative estimate of drug-likeness (QED) is 0.214. The topological polar surface area (TPSA) is 95.2 Å². The van der Waals surface area contributed by atoms with Crippen LogP contribution in [0, 0.1) is 11.8 Å². The zero-order valence-corrected chi connectivity index (χ0v) is 20.4. The largest absolute Gasteiger partial charge is 0.472 e. The Balaban J connectivity index is 1.50. The Kier molecular flexibility index (Phi) is 6.52. The lowest BCUT2D eigenvalue weighted by Gasteiger charge is -2.14. The predicted octanol–water partition coefficient (Wildman–Crippen LogP) is 6.56. The van der Waals surface area contributed by atoms with Crippen molar-refractivity contribution in [1.82, 2.24) is 15.0 Å². The number of aromatic nitrogens is 3. The molecule has 0 amide bonds. The summed E-state index contributed by atoms with van der Waals surface area (Å²) in [6, 6.07) is 9.51. The molecule has 0 aliphatic rings. The van der Waals surface area contributed by atoms with Crippen LogP contribution in [0.4, 0.5) is 8.78 Å². The highest BCUT2D eigenvalue weighted by Crippen LogP contribution is 2.38. The minimum atomic E-state index is -4.04. The van der Waals surface area contributed by atoms with Crippen molar-refractivity contribution in [2.75, 3.05) is 0 Å². The number of nitrogens with zero attached hydrogens (tertiary/aromatic N) is 3. The van der Waals surface area contributed by atoms with Crippen LogP contribution in [-0.2, 0) is 15.6 Å². The average molecular weight is 546 g/mol. The van der Waals surface area contributed by atoms with Gasteiger partial charge in [0.1, 0.15) is 22.2 Å². The molecule has 4 heterocycles. The van der Waals surface area contributed by atoms with Gasteiger partial charge in [-0.25, -0.2) is 27.8 Å². The summed E-state index contributed by atoms with van der Waals surface area (Å²) in [6.07, 6.45) is 4.23. The fourth-order valence-electron chi connectivity index (χ4n) is 3.35. The molecule has 1 aromatic carbocycles. The molecule has 12 heteroatoms. The lowest BCUT2D eigenvalue weighted by atomic mass is 10.1. The van der Waals surface area contributed by atoms with E-state index >= 15 is 0 Å². The van der Waals surface area contributed by atoms with Crippen molar-refractivity contribution >= 4 is 32.8 Å². The van der Waals surface area contributed by atoms with Crippen LogP contribution in [0.15, 0.2) is 81.4 Å². The smallest absolute Gasteiger partial charge is 0.212 e. The van der Waals surface area contributed by atoms with E-state index in [-0.39, 0.29) is 16.5 Å². The number of hydrogen-bond acceptors (Lipinski definition) is 8. The molecule has 0 atom stereocenters. The van der Waals surface area contributed by atoms with Crippen LogP contribution in [0.25, 0.3) is 22.5 Å². The van der Waals surface area contributed by atoms with E-state index in [4.69, 9.17) is 20.8 Å². The number of benzene rings is 1. The average Bonchev–Trinajstić information content (AvgIpc) is 3.56. The molecular weight excluding hydrogens is 532 g/mol. The third-order valence-corrected chi connectivity index (χ3v) is 7.63. The van der Waals surface area contributed by atoms with E-state index in [2.05, 4.69) is 15.0 Å². The molecule has 36 heavy (non-hydrogen) atoms. The Bertz CT molecular complexity index is 1630. The summed E-state index contributed by atoms with van der Waals surface area (Å²) in [5.41, 5.74) is 3.74. The van der Waals surface area contributed by atoms with Gasteiger partial charge in [-0.15, -0.1) is 11.3 Å². The first kappa shape index (κ1) is 24.0. The summed E-state index contributed by atoms with van der Waals surface area (Å²) in [7, 11) is -4.04. The van der Waals surface area contributed by atoms with Gasteiger partial charge in [-0.3, -0.25) is 0 Å². The van der Waals surface area contributed by atoms with Crippen molar-refractivity contribution in [3.63, 3.8) is 0 Å². The maximum atomic E-state index is 14.9. The number of rotatable bonds is 7. The van der Waals surface area contributed by atoms with Crippen molar-refractivity contribution in [3.8, 4) is 34.0 Å². The molecule has 4 aromatic heterocycles. The fourth-order valence-corrected chi connectivity index (χ4v) is 5.64. The van der Waals surface area contributed by atoms with Crippen LogP contribution in [0.1, 0.15) is 5.69 Å². The highest BCUT2D eigenvalue weighted by molar-refractivity contribution is 7.90. The zero-order valence-electron chi connectivity index (χ0n) is 18.1. The van der Waals surface area contributed by atoms with Crippen molar-refractivity contribution in [3.05, 3.63) is 94.6 Å². The molecule has 5 aromatic rings.